The second-order valence-electron chi connectivity index (χ2n) is 2.82. The van der Waals surface area contributed by atoms with Crippen LogP contribution in [-0.4, -0.2) is 17.2 Å². The quantitative estimate of drug-likeness (QED) is 0.696. The number of hydrogen-bond acceptors (Lipinski definition) is 2. The Bertz CT molecular complexity index is 378. The lowest BCUT2D eigenvalue weighted by Gasteiger charge is -1.98. The van der Waals surface area contributed by atoms with Gasteiger partial charge in [0.05, 0.1) is 11.7 Å². The fourth-order valence-corrected chi connectivity index (χ4v) is 1.30. The van der Waals surface area contributed by atoms with Crippen molar-refractivity contribution in [1.82, 2.24) is 15.5 Å². The highest BCUT2D eigenvalue weighted by Gasteiger charge is 1.95. The van der Waals surface area contributed by atoms with E-state index >= 15 is 0 Å². The molecule has 0 bridgehead atoms. The third-order valence-electron chi connectivity index (χ3n) is 1.89. The molecule has 62 valence electrons. The van der Waals surface area contributed by atoms with Crippen LogP contribution >= 0.6 is 0 Å². The minimum absolute atomic E-state index is 0.898. The van der Waals surface area contributed by atoms with Gasteiger partial charge in [-0.3, -0.25) is 5.10 Å². The summed E-state index contributed by atoms with van der Waals surface area (Å²) in [5, 5.41) is 11.2. The van der Waals surface area contributed by atoms with Crippen LogP contribution in [0.3, 0.4) is 0 Å². The van der Waals surface area contributed by atoms with Crippen molar-refractivity contribution in [3.8, 4) is 0 Å². The van der Waals surface area contributed by atoms with Gasteiger partial charge in [0.1, 0.15) is 0 Å². The number of H-pyrrole nitrogens is 1. The second kappa shape index (κ2) is 2.95. The molecule has 3 nitrogen and oxygen atoms in total. The minimum atomic E-state index is 0.898. The molecule has 12 heavy (non-hydrogen) atoms. The fourth-order valence-electron chi connectivity index (χ4n) is 1.30. The number of nitrogens with zero attached hydrogens (tertiary/aromatic N) is 1. The molecule has 2 rings (SSSR count). The lowest BCUT2D eigenvalue weighted by Crippen LogP contribution is -2.04. The van der Waals surface area contributed by atoms with Gasteiger partial charge in [0.2, 0.25) is 0 Å². The molecule has 0 amide bonds. The van der Waals surface area contributed by atoms with Gasteiger partial charge in [0, 0.05) is 11.9 Å². The number of benzene rings is 1. The predicted molar refractivity (Wildman–Crippen MR) is 48.9 cm³/mol. The minimum Gasteiger partial charge on any atom is -0.316 e. The average molecular weight is 161 g/mol. The zero-order valence-electron chi connectivity index (χ0n) is 6.96. The summed E-state index contributed by atoms with van der Waals surface area (Å²) in [6, 6.07) is 6.29. The molecule has 0 saturated carbocycles. The van der Waals surface area contributed by atoms with Crippen molar-refractivity contribution >= 4 is 10.9 Å². The zero-order chi connectivity index (χ0) is 8.39. The molecule has 0 aliphatic carbocycles. The molecule has 0 saturated heterocycles. The van der Waals surface area contributed by atoms with Crippen LogP contribution in [0.4, 0.5) is 0 Å². The molecular weight excluding hydrogens is 150 g/mol. The molecule has 2 aromatic rings. The van der Waals surface area contributed by atoms with Gasteiger partial charge in [-0.15, -0.1) is 0 Å². The first-order chi connectivity index (χ1) is 5.90. The molecule has 1 heterocycles. The standard InChI is InChI=1S/C9H11N3/c1-10-5-7-2-3-8-6-11-12-9(8)4-7/h2-4,6,10H,5H2,1H3,(H,11,12). The summed E-state index contributed by atoms with van der Waals surface area (Å²) >= 11 is 0. The number of nitrogens with one attached hydrogen (secondary N) is 2. The Morgan fingerprint density at radius 3 is 3.25 bits per heavy atom. The monoisotopic (exact) mass is 161 g/mol. The molecule has 0 fully saturated rings. The molecule has 1 aromatic carbocycles. The second-order valence-corrected chi connectivity index (χ2v) is 2.82. The molecule has 0 aliphatic rings. The van der Waals surface area contributed by atoms with Crippen LogP contribution in [0.5, 0.6) is 0 Å². The van der Waals surface area contributed by atoms with E-state index in [0.717, 1.165) is 17.4 Å². The first kappa shape index (κ1) is 7.31. The number of hydrogen-bond donors (Lipinski definition) is 2. The molecule has 2 N–H and O–H groups in total. The first-order valence-corrected chi connectivity index (χ1v) is 3.97. The number of rotatable bonds is 2. The Labute approximate surface area is 70.8 Å². The Morgan fingerprint density at radius 2 is 2.42 bits per heavy atom. The highest BCUT2D eigenvalue weighted by atomic mass is 15.1. The van der Waals surface area contributed by atoms with E-state index < -0.39 is 0 Å². The Hall–Kier alpha value is -1.35. The zero-order valence-corrected chi connectivity index (χ0v) is 6.96. The molecule has 1 aromatic heterocycles. The van der Waals surface area contributed by atoms with E-state index in [1.807, 2.05) is 13.2 Å². The van der Waals surface area contributed by atoms with Gasteiger partial charge in [-0.1, -0.05) is 12.1 Å². The molecule has 0 spiro atoms. The van der Waals surface area contributed by atoms with E-state index in [4.69, 9.17) is 0 Å². The van der Waals surface area contributed by atoms with Crippen molar-refractivity contribution < 1.29 is 0 Å². The SMILES string of the molecule is CNCc1ccc2cn[nH]c2c1. The van der Waals surface area contributed by atoms with E-state index in [0.29, 0.717) is 0 Å². The molecule has 3 heteroatoms. The van der Waals surface area contributed by atoms with E-state index in [-0.39, 0.29) is 0 Å². The summed E-state index contributed by atoms with van der Waals surface area (Å²) < 4.78 is 0. The lowest BCUT2D eigenvalue weighted by molar-refractivity contribution is 0.819. The topological polar surface area (TPSA) is 40.7 Å². The summed E-state index contributed by atoms with van der Waals surface area (Å²) in [5.74, 6) is 0. The number of fused-ring (bicyclic) bond motifs is 1. The summed E-state index contributed by atoms with van der Waals surface area (Å²) in [7, 11) is 1.94. The van der Waals surface area contributed by atoms with Crippen molar-refractivity contribution in [3.05, 3.63) is 30.0 Å². The van der Waals surface area contributed by atoms with Crippen LogP contribution in [-0.2, 0) is 6.54 Å². The van der Waals surface area contributed by atoms with E-state index in [1.165, 1.54) is 5.56 Å². The average Bonchev–Trinajstić information content (AvgIpc) is 2.51. The maximum atomic E-state index is 3.96. The Kier molecular flexibility index (Phi) is 1.80. The summed E-state index contributed by atoms with van der Waals surface area (Å²) in [5.41, 5.74) is 2.37. The van der Waals surface area contributed by atoms with Crippen LogP contribution in [0.2, 0.25) is 0 Å². The van der Waals surface area contributed by atoms with Crippen LogP contribution in [0, 0.1) is 0 Å². The van der Waals surface area contributed by atoms with E-state index in [9.17, 15) is 0 Å². The smallest absolute Gasteiger partial charge is 0.0653 e. The van der Waals surface area contributed by atoms with Crippen molar-refractivity contribution in [2.45, 2.75) is 6.54 Å². The Balaban J connectivity index is 2.46. The molecule has 0 radical (unpaired) electrons. The Morgan fingerprint density at radius 1 is 1.50 bits per heavy atom. The maximum absolute atomic E-state index is 3.96. The lowest BCUT2D eigenvalue weighted by atomic mass is 10.2. The highest BCUT2D eigenvalue weighted by molar-refractivity contribution is 5.78. The fraction of sp³-hybridized carbons (Fsp3) is 0.222. The van der Waals surface area contributed by atoms with E-state index in [2.05, 4.69) is 33.7 Å². The van der Waals surface area contributed by atoms with Crippen molar-refractivity contribution in [2.24, 2.45) is 0 Å². The summed E-state index contributed by atoms with van der Waals surface area (Å²) in [6.45, 7) is 0.898. The van der Waals surface area contributed by atoms with Gasteiger partial charge in [-0.05, 0) is 18.7 Å². The normalized spacial score (nSPS) is 10.8. The molecular formula is C9H11N3. The summed E-state index contributed by atoms with van der Waals surface area (Å²) in [6.07, 6.45) is 1.83. The van der Waals surface area contributed by atoms with Gasteiger partial charge < -0.3 is 5.32 Å². The van der Waals surface area contributed by atoms with Crippen LogP contribution in [0.25, 0.3) is 10.9 Å². The van der Waals surface area contributed by atoms with Crippen LogP contribution < -0.4 is 5.32 Å². The van der Waals surface area contributed by atoms with E-state index in [1.54, 1.807) is 0 Å². The summed E-state index contributed by atoms with van der Waals surface area (Å²) in [4.78, 5) is 0. The van der Waals surface area contributed by atoms with Crippen LogP contribution in [0.1, 0.15) is 5.56 Å². The number of aromatic amines is 1. The van der Waals surface area contributed by atoms with Gasteiger partial charge in [-0.25, -0.2) is 0 Å². The largest absolute Gasteiger partial charge is 0.316 e. The van der Waals surface area contributed by atoms with Crippen LogP contribution in [0.15, 0.2) is 24.4 Å². The van der Waals surface area contributed by atoms with Gasteiger partial charge in [-0.2, -0.15) is 5.10 Å². The van der Waals surface area contributed by atoms with Gasteiger partial charge in [0.15, 0.2) is 0 Å². The molecule has 0 unspecified atom stereocenters. The first-order valence-electron chi connectivity index (χ1n) is 3.97. The third kappa shape index (κ3) is 1.19. The number of aromatic nitrogens is 2. The molecule has 0 aliphatic heterocycles. The van der Waals surface area contributed by atoms with Crippen molar-refractivity contribution in [1.29, 1.82) is 0 Å². The van der Waals surface area contributed by atoms with Gasteiger partial charge in [0.25, 0.3) is 0 Å². The third-order valence-corrected chi connectivity index (χ3v) is 1.89. The van der Waals surface area contributed by atoms with Crippen molar-refractivity contribution in [2.75, 3.05) is 7.05 Å². The van der Waals surface area contributed by atoms with Gasteiger partial charge >= 0.3 is 0 Å². The van der Waals surface area contributed by atoms with Crippen molar-refractivity contribution in [3.63, 3.8) is 0 Å². The highest BCUT2D eigenvalue weighted by Crippen LogP contribution is 2.12. The molecule has 0 atom stereocenters. The maximum Gasteiger partial charge on any atom is 0.0653 e. The predicted octanol–water partition coefficient (Wildman–Crippen LogP) is 1.28.